The molecule has 2 heterocycles. The molecule has 3 rings (SSSR count). The largest absolute Gasteiger partial charge is 0.488 e. The van der Waals surface area contributed by atoms with Gasteiger partial charge in [0, 0.05) is 23.1 Å². The average Bonchev–Trinajstić information content (AvgIpc) is 2.45. The van der Waals surface area contributed by atoms with Crippen molar-refractivity contribution in [1.82, 2.24) is 4.90 Å². The number of piperidine rings is 1. The minimum atomic E-state index is -0.403. The van der Waals surface area contributed by atoms with Crippen LogP contribution in [-0.4, -0.2) is 41.7 Å². The molecule has 4 nitrogen and oxygen atoms in total. The van der Waals surface area contributed by atoms with E-state index in [2.05, 4.69) is 15.9 Å². The number of aliphatic hydroxyl groups is 1. The summed E-state index contributed by atoms with van der Waals surface area (Å²) in [5.41, 5.74) is 1.55. The van der Waals surface area contributed by atoms with E-state index in [1.807, 2.05) is 24.3 Å². The SMILES string of the molecule is O=C(C1=Cc2cc(Br)ccc2OC1)N1CCC[C@H](O)C1. The van der Waals surface area contributed by atoms with Crippen LogP contribution < -0.4 is 4.74 Å². The number of ether oxygens (including phenoxy) is 1. The molecule has 5 heteroatoms. The molecule has 106 valence electrons. The summed E-state index contributed by atoms with van der Waals surface area (Å²) in [4.78, 5) is 14.2. The van der Waals surface area contributed by atoms with Gasteiger partial charge in [0.1, 0.15) is 12.4 Å². The van der Waals surface area contributed by atoms with Gasteiger partial charge in [0.15, 0.2) is 0 Å². The third-order valence-electron chi connectivity index (χ3n) is 3.64. The molecule has 1 saturated heterocycles. The van der Waals surface area contributed by atoms with Crippen molar-refractivity contribution >= 4 is 27.9 Å². The number of benzene rings is 1. The second-order valence-corrected chi connectivity index (χ2v) is 6.10. The lowest BCUT2D eigenvalue weighted by Crippen LogP contribution is -2.43. The van der Waals surface area contributed by atoms with Crippen LogP contribution in [0, 0.1) is 0 Å². The lowest BCUT2D eigenvalue weighted by Gasteiger charge is -2.31. The molecule has 1 aromatic carbocycles. The van der Waals surface area contributed by atoms with E-state index < -0.39 is 6.10 Å². The molecule has 0 unspecified atom stereocenters. The zero-order valence-corrected chi connectivity index (χ0v) is 12.6. The first-order valence-corrected chi connectivity index (χ1v) is 7.53. The Hall–Kier alpha value is -1.33. The van der Waals surface area contributed by atoms with Crippen molar-refractivity contribution in [2.45, 2.75) is 18.9 Å². The number of halogens is 1. The van der Waals surface area contributed by atoms with Gasteiger partial charge >= 0.3 is 0 Å². The second-order valence-electron chi connectivity index (χ2n) is 5.19. The summed E-state index contributed by atoms with van der Waals surface area (Å²) >= 11 is 3.42. The Morgan fingerprint density at radius 1 is 1.45 bits per heavy atom. The zero-order valence-electron chi connectivity index (χ0n) is 11.0. The number of hydrogen-bond donors (Lipinski definition) is 1. The molecule has 1 fully saturated rings. The molecule has 0 aliphatic carbocycles. The first-order chi connectivity index (χ1) is 9.63. The van der Waals surface area contributed by atoms with Gasteiger partial charge in [-0.3, -0.25) is 4.79 Å². The molecule has 20 heavy (non-hydrogen) atoms. The minimum absolute atomic E-state index is 0.0330. The van der Waals surface area contributed by atoms with Gasteiger partial charge in [-0.25, -0.2) is 0 Å². The third kappa shape index (κ3) is 2.74. The van der Waals surface area contributed by atoms with Crippen LogP contribution in [-0.2, 0) is 4.79 Å². The highest BCUT2D eigenvalue weighted by Crippen LogP contribution is 2.30. The fraction of sp³-hybridized carbons (Fsp3) is 0.400. The molecule has 2 aliphatic heterocycles. The molecule has 0 saturated carbocycles. The van der Waals surface area contributed by atoms with Gasteiger partial charge in [0.2, 0.25) is 0 Å². The highest BCUT2D eigenvalue weighted by molar-refractivity contribution is 9.10. The molecule has 0 radical (unpaired) electrons. The average molecular weight is 338 g/mol. The van der Waals surface area contributed by atoms with Gasteiger partial charge in [-0.05, 0) is 37.1 Å². The van der Waals surface area contributed by atoms with Crippen LogP contribution in [0.5, 0.6) is 5.75 Å². The molecule has 1 atom stereocenters. The van der Waals surface area contributed by atoms with E-state index in [0.717, 1.165) is 28.6 Å². The van der Waals surface area contributed by atoms with Gasteiger partial charge in [0.25, 0.3) is 5.91 Å². The first kappa shape index (κ1) is 13.6. The Morgan fingerprint density at radius 3 is 3.10 bits per heavy atom. The summed E-state index contributed by atoms with van der Waals surface area (Å²) in [5.74, 6) is 0.762. The van der Waals surface area contributed by atoms with Gasteiger partial charge in [-0.1, -0.05) is 15.9 Å². The molecular weight excluding hydrogens is 322 g/mol. The number of nitrogens with zero attached hydrogens (tertiary/aromatic N) is 1. The van der Waals surface area contributed by atoms with Crippen molar-refractivity contribution in [2.24, 2.45) is 0 Å². The predicted octanol–water partition coefficient (Wildman–Crippen LogP) is 2.21. The maximum atomic E-state index is 12.4. The number of β-amino-alcohol motifs (C(OH)–C–C–N with tert-alkyl or cyclic N) is 1. The van der Waals surface area contributed by atoms with E-state index in [1.165, 1.54) is 0 Å². The normalized spacial score (nSPS) is 21.8. The minimum Gasteiger partial charge on any atom is -0.488 e. The number of hydrogen-bond acceptors (Lipinski definition) is 3. The highest BCUT2D eigenvalue weighted by Gasteiger charge is 2.26. The van der Waals surface area contributed by atoms with Crippen LogP contribution in [0.15, 0.2) is 28.2 Å². The van der Waals surface area contributed by atoms with E-state index in [4.69, 9.17) is 4.74 Å². The molecule has 1 amide bonds. The Kier molecular flexibility index (Phi) is 3.81. The number of likely N-dealkylation sites (tertiary alicyclic amines) is 1. The van der Waals surface area contributed by atoms with Crippen LogP contribution >= 0.6 is 15.9 Å². The fourth-order valence-corrected chi connectivity index (χ4v) is 2.99. The van der Waals surface area contributed by atoms with Crippen molar-refractivity contribution in [1.29, 1.82) is 0 Å². The third-order valence-corrected chi connectivity index (χ3v) is 4.14. The predicted molar refractivity (Wildman–Crippen MR) is 79.4 cm³/mol. The molecule has 0 aromatic heterocycles. The number of amides is 1. The summed E-state index contributed by atoms with van der Waals surface area (Å²) in [5, 5.41) is 9.67. The maximum Gasteiger partial charge on any atom is 0.253 e. The van der Waals surface area contributed by atoms with Gasteiger partial charge < -0.3 is 14.7 Å². The lowest BCUT2D eigenvalue weighted by molar-refractivity contribution is -0.130. The number of aliphatic hydroxyl groups excluding tert-OH is 1. The lowest BCUT2D eigenvalue weighted by atomic mass is 10.0. The van der Waals surface area contributed by atoms with Crippen LogP contribution in [0.2, 0.25) is 0 Å². The van der Waals surface area contributed by atoms with Crippen molar-refractivity contribution in [3.8, 4) is 5.75 Å². The van der Waals surface area contributed by atoms with E-state index >= 15 is 0 Å². The van der Waals surface area contributed by atoms with Gasteiger partial charge in [-0.2, -0.15) is 0 Å². The number of carbonyl (C=O) groups is 1. The Morgan fingerprint density at radius 2 is 2.30 bits per heavy atom. The summed E-state index contributed by atoms with van der Waals surface area (Å²) in [7, 11) is 0. The van der Waals surface area contributed by atoms with Crippen molar-refractivity contribution in [3.63, 3.8) is 0 Å². The van der Waals surface area contributed by atoms with E-state index in [-0.39, 0.29) is 5.91 Å². The van der Waals surface area contributed by atoms with E-state index in [9.17, 15) is 9.90 Å². The quantitative estimate of drug-likeness (QED) is 0.854. The van der Waals surface area contributed by atoms with Gasteiger partial charge in [-0.15, -0.1) is 0 Å². The van der Waals surface area contributed by atoms with Crippen LogP contribution in [0.4, 0.5) is 0 Å². The molecule has 1 aromatic rings. The topological polar surface area (TPSA) is 49.8 Å². The summed E-state index contributed by atoms with van der Waals surface area (Å²) < 4.78 is 6.59. The molecular formula is C15H16BrNO3. The van der Waals surface area contributed by atoms with Crippen LogP contribution in [0.3, 0.4) is 0 Å². The molecule has 2 aliphatic rings. The smallest absolute Gasteiger partial charge is 0.253 e. The molecule has 0 spiro atoms. The number of fused-ring (bicyclic) bond motifs is 1. The molecule has 1 N–H and O–H groups in total. The monoisotopic (exact) mass is 337 g/mol. The van der Waals surface area contributed by atoms with E-state index in [1.54, 1.807) is 4.90 Å². The second kappa shape index (κ2) is 5.58. The standard InChI is InChI=1S/C15H16BrNO3/c16-12-3-4-14-10(7-12)6-11(9-20-14)15(19)17-5-1-2-13(18)8-17/h3-4,6-7,13,18H,1-2,5,8-9H2/t13-/m0/s1. The van der Waals surface area contributed by atoms with Crippen LogP contribution in [0.25, 0.3) is 6.08 Å². The Balaban J connectivity index is 1.82. The summed E-state index contributed by atoms with van der Waals surface area (Å²) in [6.07, 6.45) is 3.10. The fourth-order valence-electron chi connectivity index (χ4n) is 2.61. The first-order valence-electron chi connectivity index (χ1n) is 6.74. The van der Waals surface area contributed by atoms with Crippen molar-refractivity contribution in [2.75, 3.05) is 19.7 Å². The summed E-state index contributed by atoms with van der Waals surface area (Å²) in [6.45, 7) is 1.42. The summed E-state index contributed by atoms with van der Waals surface area (Å²) in [6, 6.07) is 5.75. The van der Waals surface area contributed by atoms with Gasteiger partial charge in [0.05, 0.1) is 11.7 Å². The zero-order chi connectivity index (χ0) is 14.1. The Labute approximate surface area is 126 Å². The highest BCUT2D eigenvalue weighted by atomic mass is 79.9. The number of carbonyl (C=O) groups excluding carboxylic acids is 1. The number of rotatable bonds is 1. The molecule has 0 bridgehead atoms. The van der Waals surface area contributed by atoms with Crippen molar-refractivity contribution < 1.29 is 14.6 Å². The maximum absolute atomic E-state index is 12.4. The van der Waals surface area contributed by atoms with Crippen molar-refractivity contribution in [3.05, 3.63) is 33.8 Å². The van der Waals surface area contributed by atoms with E-state index in [0.29, 0.717) is 25.3 Å². The van der Waals surface area contributed by atoms with Crippen LogP contribution in [0.1, 0.15) is 18.4 Å². The Bertz CT molecular complexity index is 570.